The Morgan fingerprint density at radius 2 is 1.82 bits per heavy atom. The molecular formula is C20H22N4O3S. The highest BCUT2D eigenvalue weighted by Crippen LogP contribution is 2.38. The molecule has 0 aliphatic heterocycles. The number of rotatable bonds is 6. The van der Waals surface area contributed by atoms with E-state index in [4.69, 9.17) is 4.79 Å². The van der Waals surface area contributed by atoms with Gasteiger partial charge in [-0.3, -0.25) is 9.89 Å². The number of aliphatic hydroxyl groups excluding tert-OH is 2. The van der Waals surface area contributed by atoms with Crippen LogP contribution in [0.2, 0.25) is 0 Å². The van der Waals surface area contributed by atoms with Gasteiger partial charge >= 0.3 is 0 Å². The van der Waals surface area contributed by atoms with Gasteiger partial charge in [-0.05, 0) is 29.7 Å². The summed E-state index contributed by atoms with van der Waals surface area (Å²) in [6, 6.07) is 14.7. The lowest BCUT2D eigenvalue weighted by Crippen LogP contribution is -2.29. The lowest BCUT2D eigenvalue weighted by molar-refractivity contribution is -0.106. The summed E-state index contributed by atoms with van der Waals surface area (Å²) in [4.78, 5) is 11.7. The molecule has 2 heterocycles. The summed E-state index contributed by atoms with van der Waals surface area (Å²) in [6.45, 7) is 1.05. The average molecular weight is 398 g/mol. The molecule has 0 unspecified atom stereocenters. The number of nitrogens with one attached hydrogen (secondary N) is 1. The monoisotopic (exact) mass is 398 g/mol. The summed E-state index contributed by atoms with van der Waals surface area (Å²) in [5.41, 5.74) is 7.24. The Hall–Kier alpha value is -2.94. The van der Waals surface area contributed by atoms with Crippen LogP contribution in [0, 0.1) is 0 Å². The van der Waals surface area contributed by atoms with Crippen LogP contribution in [0.4, 0.5) is 5.69 Å². The number of hydrogen-bond acceptors (Lipinski definition) is 6. The molecule has 0 aliphatic rings. The number of carbonyl (C=O) groups excluding carboxylic acids is 1. The second-order valence-electron chi connectivity index (χ2n) is 6.05. The number of H-pyrrole nitrogens is 1. The number of fused-ring (bicyclic) bond motifs is 2. The molecule has 0 fully saturated rings. The second kappa shape index (κ2) is 9.32. The van der Waals surface area contributed by atoms with Crippen molar-refractivity contribution in [3.05, 3.63) is 48.7 Å². The predicted molar refractivity (Wildman–Crippen MR) is 114 cm³/mol. The van der Waals surface area contributed by atoms with Gasteiger partial charge in [0.1, 0.15) is 0 Å². The maximum absolute atomic E-state index is 9.34. The highest BCUT2D eigenvalue weighted by Gasteiger charge is 2.14. The molecule has 146 valence electrons. The van der Waals surface area contributed by atoms with Crippen molar-refractivity contribution in [1.29, 1.82) is 0 Å². The van der Waals surface area contributed by atoms with E-state index in [-0.39, 0.29) is 19.6 Å². The zero-order valence-corrected chi connectivity index (χ0v) is 16.0. The molecule has 0 saturated heterocycles. The summed E-state index contributed by atoms with van der Waals surface area (Å²) >= 11 is 1.75. The molecule has 4 aromatic rings. The molecule has 2 aromatic carbocycles. The van der Waals surface area contributed by atoms with Gasteiger partial charge in [-0.25, -0.2) is 0 Å². The first-order valence-electron chi connectivity index (χ1n) is 8.80. The molecule has 5 N–H and O–H groups in total. The minimum absolute atomic E-state index is 0.0433. The van der Waals surface area contributed by atoms with Crippen molar-refractivity contribution < 1.29 is 15.0 Å². The van der Waals surface area contributed by atoms with Gasteiger partial charge in [0, 0.05) is 39.3 Å². The Kier molecular flexibility index (Phi) is 6.59. The zero-order chi connectivity index (χ0) is 19.9. The van der Waals surface area contributed by atoms with Gasteiger partial charge in [0.05, 0.1) is 24.9 Å². The van der Waals surface area contributed by atoms with E-state index in [1.807, 2.05) is 23.2 Å². The van der Waals surface area contributed by atoms with Crippen LogP contribution in [0.15, 0.2) is 48.7 Å². The van der Waals surface area contributed by atoms with E-state index in [1.54, 1.807) is 11.3 Å². The molecule has 8 heteroatoms. The number of thiophene rings is 1. The van der Waals surface area contributed by atoms with E-state index in [9.17, 15) is 10.2 Å². The summed E-state index contributed by atoms with van der Waals surface area (Å²) in [5.74, 6) is 0. The third kappa shape index (κ3) is 4.14. The van der Waals surface area contributed by atoms with Gasteiger partial charge in [0.15, 0.2) is 0 Å². The van der Waals surface area contributed by atoms with Crippen LogP contribution in [0.1, 0.15) is 0 Å². The van der Waals surface area contributed by atoms with Crippen LogP contribution in [0.3, 0.4) is 0 Å². The van der Waals surface area contributed by atoms with E-state index in [0.717, 1.165) is 22.2 Å². The Labute approximate surface area is 166 Å². The van der Waals surface area contributed by atoms with E-state index < -0.39 is 0 Å². The summed E-state index contributed by atoms with van der Waals surface area (Å²) in [7, 11) is 0. The summed E-state index contributed by atoms with van der Waals surface area (Å²) < 4.78 is 1.25. The Morgan fingerprint density at radius 3 is 2.50 bits per heavy atom. The van der Waals surface area contributed by atoms with Crippen molar-refractivity contribution >= 4 is 44.4 Å². The molecular weight excluding hydrogens is 376 g/mol. The van der Waals surface area contributed by atoms with E-state index in [1.165, 1.54) is 15.0 Å². The molecule has 0 spiro atoms. The third-order valence-electron chi connectivity index (χ3n) is 4.33. The standard InChI is InChI=1S/C19H19N3O2S.CH3NO/c23-7-5-22(6-8-24)15-9-14-12-20-21-19(14)16(11-15)18-10-13-3-1-2-4-17(13)25-18;2-1-3/h1-4,9-12,23-24H,5-8H2,(H,20,21);1H,(H2,2,3). The van der Waals surface area contributed by atoms with Gasteiger partial charge in [0.25, 0.3) is 0 Å². The minimum atomic E-state index is 0.0433. The van der Waals surface area contributed by atoms with Crippen molar-refractivity contribution in [3.8, 4) is 10.4 Å². The number of hydrogen-bond donors (Lipinski definition) is 4. The van der Waals surface area contributed by atoms with E-state index >= 15 is 0 Å². The van der Waals surface area contributed by atoms with E-state index in [2.05, 4.69) is 46.3 Å². The van der Waals surface area contributed by atoms with Crippen molar-refractivity contribution in [2.75, 3.05) is 31.2 Å². The number of aromatic nitrogens is 2. The molecule has 7 nitrogen and oxygen atoms in total. The normalized spacial score (nSPS) is 10.6. The quantitative estimate of drug-likeness (QED) is 0.372. The van der Waals surface area contributed by atoms with Crippen molar-refractivity contribution in [2.45, 2.75) is 0 Å². The number of benzene rings is 2. The first-order valence-corrected chi connectivity index (χ1v) is 9.61. The summed E-state index contributed by atoms with van der Waals surface area (Å²) in [6.07, 6.45) is 2.06. The smallest absolute Gasteiger partial charge is 0.204 e. The van der Waals surface area contributed by atoms with Crippen LogP contribution in [-0.4, -0.2) is 53.1 Å². The Morgan fingerprint density at radius 1 is 1.11 bits per heavy atom. The number of nitrogens with two attached hydrogens (primary N) is 1. The fraction of sp³-hybridized carbons (Fsp3) is 0.200. The molecule has 2 aromatic heterocycles. The molecule has 0 bridgehead atoms. The maximum atomic E-state index is 9.34. The molecule has 0 saturated carbocycles. The lowest BCUT2D eigenvalue weighted by atomic mass is 10.1. The van der Waals surface area contributed by atoms with E-state index in [0.29, 0.717) is 13.1 Å². The van der Waals surface area contributed by atoms with Crippen LogP contribution < -0.4 is 10.6 Å². The van der Waals surface area contributed by atoms with Crippen molar-refractivity contribution in [2.24, 2.45) is 5.73 Å². The fourth-order valence-corrected chi connectivity index (χ4v) is 4.23. The highest BCUT2D eigenvalue weighted by molar-refractivity contribution is 7.22. The first-order chi connectivity index (χ1) is 13.7. The zero-order valence-electron chi connectivity index (χ0n) is 15.2. The van der Waals surface area contributed by atoms with Crippen molar-refractivity contribution in [3.63, 3.8) is 0 Å². The number of aromatic amines is 1. The Bertz CT molecular complexity index is 1020. The van der Waals surface area contributed by atoms with Crippen LogP contribution in [0.25, 0.3) is 31.4 Å². The minimum Gasteiger partial charge on any atom is -0.395 e. The fourth-order valence-electron chi connectivity index (χ4n) is 3.14. The van der Waals surface area contributed by atoms with Gasteiger partial charge < -0.3 is 20.8 Å². The molecule has 0 aliphatic carbocycles. The molecule has 0 atom stereocenters. The first kappa shape index (κ1) is 19.8. The number of nitrogens with zero attached hydrogens (tertiary/aromatic N) is 2. The number of aliphatic hydroxyl groups is 2. The van der Waals surface area contributed by atoms with Crippen LogP contribution >= 0.6 is 11.3 Å². The molecule has 0 radical (unpaired) electrons. The molecule has 4 rings (SSSR count). The van der Waals surface area contributed by atoms with Gasteiger partial charge in [-0.15, -0.1) is 11.3 Å². The molecule has 1 amide bonds. The SMILES string of the molecule is NC=O.OCCN(CCO)c1cc(-c2cc3ccccc3s2)c2[nH]ncc2c1. The Balaban J connectivity index is 0.000000706. The van der Waals surface area contributed by atoms with Gasteiger partial charge in [0.2, 0.25) is 6.41 Å². The number of carbonyl (C=O) groups is 1. The van der Waals surface area contributed by atoms with Gasteiger partial charge in [-0.2, -0.15) is 5.10 Å². The van der Waals surface area contributed by atoms with Crippen LogP contribution in [0.5, 0.6) is 0 Å². The third-order valence-corrected chi connectivity index (χ3v) is 5.48. The number of amides is 1. The number of anilines is 1. The second-order valence-corrected chi connectivity index (χ2v) is 7.13. The topological polar surface area (TPSA) is 115 Å². The molecule has 28 heavy (non-hydrogen) atoms. The van der Waals surface area contributed by atoms with Gasteiger partial charge in [-0.1, -0.05) is 18.2 Å². The average Bonchev–Trinajstić information content (AvgIpc) is 3.34. The van der Waals surface area contributed by atoms with Crippen molar-refractivity contribution in [1.82, 2.24) is 10.2 Å². The predicted octanol–water partition coefficient (Wildman–Crippen LogP) is 2.34. The largest absolute Gasteiger partial charge is 0.395 e. The van der Waals surface area contributed by atoms with Crippen LogP contribution in [-0.2, 0) is 4.79 Å². The summed E-state index contributed by atoms with van der Waals surface area (Å²) in [5, 5.41) is 28.2. The highest BCUT2D eigenvalue weighted by atomic mass is 32.1. The lowest BCUT2D eigenvalue weighted by Gasteiger charge is -2.23. The number of primary amides is 1. The maximum Gasteiger partial charge on any atom is 0.204 e.